The molecule has 0 bridgehead atoms. The SMILES string of the molecule is C[C@@H]1Cc2ncnc(C3CCC(C)(S(C)(=O)=O)CC3)c2CN1c1ccnc2[nH]ccc12. The third-order valence-corrected chi connectivity index (χ3v) is 9.69. The van der Waals surface area contributed by atoms with Gasteiger partial charge in [0.1, 0.15) is 12.0 Å². The zero-order valence-corrected chi connectivity index (χ0v) is 19.1. The third-order valence-electron chi connectivity index (χ3n) is 7.49. The Hall–Kier alpha value is -2.48. The average molecular weight is 440 g/mol. The van der Waals surface area contributed by atoms with Gasteiger partial charge in [-0.2, -0.15) is 0 Å². The standard InChI is InChI=1S/C23H29N5O2S/c1-15-12-19-18(13-28(15)20-7-11-25-22-17(20)6-10-24-22)21(27-14-26-19)16-4-8-23(2,9-5-16)31(3,29)30/h6-7,10-11,14-16H,4-5,8-9,12-13H2,1-3H3,(H,24,25)/t15-,16?,23?/m1/s1. The quantitative estimate of drug-likeness (QED) is 0.668. The maximum atomic E-state index is 12.3. The molecule has 0 unspecified atom stereocenters. The molecule has 5 rings (SSSR count). The van der Waals surface area contributed by atoms with Gasteiger partial charge in [-0.25, -0.2) is 23.4 Å². The van der Waals surface area contributed by atoms with Crippen LogP contribution >= 0.6 is 0 Å². The van der Waals surface area contributed by atoms with Crippen molar-refractivity contribution in [2.45, 2.75) is 69.2 Å². The van der Waals surface area contributed by atoms with Crippen LogP contribution in [-0.2, 0) is 22.8 Å². The molecule has 8 heteroatoms. The van der Waals surface area contributed by atoms with Crippen LogP contribution < -0.4 is 4.90 Å². The Bertz CT molecular complexity index is 1230. The van der Waals surface area contributed by atoms with Crippen LogP contribution in [0.15, 0.2) is 30.9 Å². The number of H-pyrrole nitrogens is 1. The van der Waals surface area contributed by atoms with Gasteiger partial charge < -0.3 is 9.88 Å². The normalized spacial score (nSPS) is 26.7. The highest BCUT2D eigenvalue weighted by atomic mass is 32.2. The number of rotatable bonds is 3. The van der Waals surface area contributed by atoms with Crippen molar-refractivity contribution in [2.75, 3.05) is 11.2 Å². The maximum absolute atomic E-state index is 12.3. The first kappa shape index (κ1) is 20.4. The second kappa shape index (κ2) is 7.29. The van der Waals surface area contributed by atoms with Crippen LogP contribution in [0, 0.1) is 0 Å². The molecule has 1 aliphatic heterocycles. The number of nitrogens with one attached hydrogen (secondary N) is 1. The highest BCUT2D eigenvalue weighted by Gasteiger charge is 2.41. The lowest BCUT2D eigenvalue weighted by molar-refractivity contribution is 0.354. The molecule has 2 aliphatic rings. The van der Waals surface area contributed by atoms with Crippen LogP contribution in [0.2, 0.25) is 0 Å². The minimum Gasteiger partial charge on any atom is -0.363 e. The first-order valence-corrected chi connectivity index (χ1v) is 12.9. The summed E-state index contributed by atoms with van der Waals surface area (Å²) < 4.78 is 23.9. The molecule has 1 aliphatic carbocycles. The molecule has 0 spiro atoms. The van der Waals surface area contributed by atoms with Gasteiger partial charge in [0.05, 0.1) is 16.1 Å². The Kier molecular flexibility index (Phi) is 4.80. The van der Waals surface area contributed by atoms with Crippen molar-refractivity contribution in [3.8, 4) is 0 Å². The fourth-order valence-corrected chi connectivity index (χ4v) is 6.25. The second-order valence-electron chi connectivity index (χ2n) is 9.43. The minimum atomic E-state index is -3.07. The summed E-state index contributed by atoms with van der Waals surface area (Å²) >= 11 is 0. The van der Waals surface area contributed by atoms with Crippen molar-refractivity contribution in [3.63, 3.8) is 0 Å². The summed E-state index contributed by atoms with van der Waals surface area (Å²) in [6, 6.07) is 4.48. The first-order valence-electron chi connectivity index (χ1n) is 11.0. The third kappa shape index (κ3) is 3.41. The van der Waals surface area contributed by atoms with Crippen LogP contribution in [0.25, 0.3) is 11.0 Å². The molecule has 164 valence electrons. The molecule has 0 saturated heterocycles. The van der Waals surface area contributed by atoms with E-state index in [1.165, 1.54) is 17.5 Å². The lowest BCUT2D eigenvalue weighted by Gasteiger charge is -2.39. The number of pyridine rings is 1. The van der Waals surface area contributed by atoms with E-state index in [0.29, 0.717) is 18.9 Å². The molecule has 0 aromatic carbocycles. The number of anilines is 1. The summed E-state index contributed by atoms with van der Waals surface area (Å²) in [5, 5.41) is 1.12. The molecule has 3 aromatic heterocycles. The van der Waals surface area contributed by atoms with Crippen LogP contribution in [-0.4, -0.2) is 45.4 Å². The molecule has 1 saturated carbocycles. The van der Waals surface area contributed by atoms with E-state index in [0.717, 1.165) is 48.2 Å². The summed E-state index contributed by atoms with van der Waals surface area (Å²) in [7, 11) is -3.07. The van der Waals surface area contributed by atoms with Gasteiger partial charge in [-0.3, -0.25) is 0 Å². The van der Waals surface area contributed by atoms with E-state index in [9.17, 15) is 8.42 Å². The highest BCUT2D eigenvalue weighted by Crippen LogP contribution is 2.43. The predicted octanol–water partition coefficient (Wildman–Crippen LogP) is 3.77. The number of hydrogen-bond donors (Lipinski definition) is 1. The van der Waals surface area contributed by atoms with Crippen LogP contribution in [0.3, 0.4) is 0 Å². The summed E-state index contributed by atoms with van der Waals surface area (Å²) in [5.74, 6) is 0.284. The van der Waals surface area contributed by atoms with Gasteiger partial charge in [0.2, 0.25) is 0 Å². The van der Waals surface area contributed by atoms with Gasteiger partial charge in [0.25, 0.3) is 0 Å². The summed E-state index contributed by atoms with van der Waals surface area (Å²) in [5.41, 5.74) is 5.52. The van der Waals surface area contributed by atoms with Gasteiger partial charge >= 0.3 is 0 Å². The Morgan fingerprint density at radius 3 is 2.68 bits per heavy atom. The van der Waals surface area contributed by atoms with Gasteiger partial charge in [-0.05, 0) is 51.7 Å². The number of nitrogens with zero attached hydrogens (tertiary/aromatic N) is 4. The van der Waals surface area contributed by atoms with E-state index in [-0.39, 0.29) is 5.92 Å². The molecular weight excluding hydrogens is 410 g/mol. The van der Waals surface area contributed by atoms with E-state index in [4.69, 9.17) is 4.98 Å². The van der Waals surface area contributed by atoms with Crippen LogP contribution in [0.1, 0.15) is 62.4 Å². The summed E-state index contributed by atoms with van der Waals surface area (Å²) in [6.07, 6.45) is 10.8. The molecule has 1 atom stereocenters. The molecule has 3 aromatic rings. The number of fused-ring (bicyclic) bond motifs is 2. The predicted molar refractivity (Wildman–Crippen MR) is 122 cm³/mol. The van der Waals surface area contributed by atoms with Gasteiger partial charge in [-0.1, -0.05) is 0 Å². The lowest BCUT2D eigenvalue weighted by atomic mass is 9.78. The van der Waals surface area contributed by atoms with Gasteiger partial charge in [-0.15, -0.1) is 0 Å². The highest BCUT2D eigenvalue weighted by molar-refractivity contribution is 7.92. The molecule has 1 N–H and O–H groups in total. The number of aromatic amines is 1. The minimum absolute atomic E-state index is 0.284. The average Bonchev–Trinajstić information content (AvgIpc) is 3.22. The maximum Gasteiger partial charge on any atom is 0.152 e. The fraction of sp³-hybridized carbons (Fsp3) is 0.522. The van der Waals surface area contributed by atoms with Crippen molar-refractivity contribution in [3.05, 3.63) is 47.8 Å². The monoisotopic (exact) mass is 439 g/mol. The molecule has 4 heterocycles. The van der Waals surface area contributed by atoms with Crippen molar-refractivity contribution < 1.29 is 8.42 Å². The van der Waals surface area contributed by atoms with Crippen LogP contribution in [0.5, 0.6) is 0 Å². The molecule has 1 fully saturated rings. The summed E-state index contributed by atoms with van der Waals surface area (Å²) in [6.45, 7) is 4.89. The van der Waals surface area contributed by atoms with Gasteiger partial charge in [0, 0.05) is 60.2 Å². The largest absolute Gasteiger partial charge is 0.363 e. The summed E-state index contributed by atoms with van der Waals surface area (Å²) in [4.78, 5) is 19.4. The Labute approximate surface area is 183 Å². The number of sulfone groups is 1. The number of hydrogen-bond acceptors (Lipinski definition) is 6. The van der Waals surface area contributed by atoms with Crippen molar-refractivity contribution >= 4 is 26.6 Å². The smallest absolute Gasteiger partial charge is 0.152 e. The van der Waals surface area contributed by atoms with Crippen molar-refractivity contribution in [1.82, 2.24) is 19.9 Å². The molecular formula is C23H29N5O2S. The Morgan fingerprint density at radius 1 is 1.16 bits per heavy atom. The van der Waals surface area contributed by atoms with Crippen molar-refractivity contribution in [1.29, 1.82) is 0 Å². The topological polar surface area (TPSA) is 91.8 Å². The van der Waals surface area contributed by atoms with E-state index < -0.39 is 14.6 Å². The first-order chi connectivity index (χ1) is 14.8. The van der Waals surface area contributed by atoms with E-state index in [1.807, 2.05) is 19.3 Å². The lowest BCUT2D eigenvalue weighted by Crippen LogP contribution is -2.41. The Balaban J connectivity index is 1.47. The second-order valence-corrected chi connectivity index (χ2v) is 12.0. The van der Waals surface area contributed by atoms with E-state index in [2.05, 4.69) is 38.9 Å². The van der Waals surface area contributed by atoms with Crippen LogP contribution in [0.4, 0.5) is 5.69 Å². The number of aromatic nitrogens is 4. The molecule has 31 heavy (non-hydrogen) atoms. The molecule has 0 amide bonds. The fourth-order valence-electron chi connectivity index (χ4n) is 5.27. The van der Waals surface area contributed by atoms with E-state index in [1.54, 1.807) is 6.33 Å². The molecule has 0 radical (unpaired) electrons. The zero-order chi connectivity index (χ0) is 21.8. The Morgan fingerprint density at radius 2 is 1.94 bits per heavy atom. The van der Waals surface area contributed by atoms with E-state index >= 15 is 0 Å². The zero-order valence-electron chi connectivity index (χ0n) is 18.3. The molecule has 7 nitrogen and oxygen atoms in total. The van der Waals surface area contributed by atoms with Gasteiger partial charge in [0.15, 0.2) is 9.84 Å². The van der Waals surface area contributed by atoms with Crippen molar-refractivity contribution in [2.24, 2.45) is 0 Å².